The summed E-state index contributed by atoms with van der Waals surface area (Å²) < 4.78 is 15.4. The second kappa shape index (κ2) is 9.93. The van der Waals surface area contributed by atoms with Gasteiger partial charge < -0.3 is 14.2 Å². The van der Waals surface area contributed by atoms with E-state index in [1.807, 2.05) is 0 Å². The lowest BCUT2D eigenvalue weighted by atomic mass is 10.4. The third-order valence-electron chi connectivity index (χ3n) is 1.77. The fourth-order valence-corrected chi connectivity index (χ4v) is 0.899. The van der Waals surface area contributed by atoms with Crippen LogP contribution in [0.3, 0.4) is 0 Å². The number of esters is 1. The van der Waals surface area contributed by atoms with Gasteiger partial charge in [0, 0.05) is 6.92 Å². The number of carbonyl (C=O) groups excluding carboxylic acids is 1. The van der Waals surface area contributed by atoms with Crippen molar-refractivity contribution in [3.63, 3.8) is 0 Å². The van der Waals surface area contributed by atoms with E-state index >= 15 is 0 Å². The van der Waals surface area contributed by atoms with Gasteiger partial charge in [0.25, 0.3) is 0 Å². The smallest absolute Gasteiger partial charge is 0.318 e. The number of rotatable bonds is 9. The molecule has 0 aliphatic heterocycles. The summed E-state index contributed by atoms with van der Waals surface area (Å²) in [5.74, 6) is -0.381. The first-order chi connectivity index (χ1) is 7.20. The molecule has 0 aliphatic carbocycles. The second-order valence-corrected chi connectivity index (χ2v) is 3.35. The lowest BCUT2D eigenvalue weighted by molar-refractivity contribution is -0.275. The molecule has 0 spiro atoms. The molecule has 0 heterocycles. The van der Waals surface area contributed by atoms with E-state index < -0.39 is 6.48 Å². The van der Waals surface area contributed by atoms with Crippen molar-refractivity contribution < 1.29 is 19.0 Å². The second-order valence-electron chi connectivity index (χ2n) is 3.35. The molecule has 0 atom stereocenters. The zero-order chi connectivity index (χ0) is 11.5. The van der Waals surface area contributed by atoms with Gasteiger partial charge in [-0.25, -0.2) is 0 Å². The molecule has 0 unspecified atom stereocenters. The van der Waals surface area contributed by atoms with Gasteiger partial charge in [-0.05, 0) is 12.8 Å². The fraction of sp³-hybridized carbons (Fsp3) is 0.909. The van der Waals surface area contributed by atoms with Gasteiger partial charge >= 0.3 is 12.4 Å². The minimum Gasteiger partial charge on any atom is -0.410 e. The zero-order valence-corrected chi connectivity index (χ0v) is 9.95. The standard InChI is InChI=1S/C11H22O4/c1-4-6-8-13-11(15-10(3)12)14-9-7-5-2/h11H,4-9H2,1-3H3. The van der Waals surface area contributed by atoms with Crippen molar-refractivity contribution in [1.29, 1.82) is 0 Å². The predicted molar refractivity (Wildman–Crippen MR) is 57.3 cm³/mol. The Balaban J connectivity index is 3.68. The van der Waals surface area contributed by atoms with Gasteiger partial charge in [0.15, 0.2) is 0 Å². The summed E-state index contributed by atoms with van der Waals surface area (Å²) in [6.07, 6.45) is 3.97. The van der Waals surface area contributed by atoms with Crippen LogP contribution in [-0.2, 0) is 19.0 Å². The van der Waals surface area contributed by atoms with Gasteiger partial charge in [-0.2, -0.15) is 0 Å². The molecule has 90 valence electrons. The van der Waals surface area contributed by atoms with Crippen LogP contribution in [0.4, 0.5) is 0 Å². The minimum atomic E-state index is -0.833. The van der Waals surface area contributed by atoms with Gasteiger partial charge in [0.1, 0.15) is 0 Å². The molecule has 0 saturated carbocycles. The van der Waals surface area contributed by atoms with Gasteiger partial charge in [-0.15, -0.1) is 0 Å². The van der Waals surface area contributed by atoms with Crippen LogP contribution in [0.15, 0.2) is 0 Å². The summed E-state index contributed by atoms with van der Waals surface area (Å²) in [7, 11) is 0. The average molecular weight is 218 g/mol. The van der Waals surface area contributed by atoms with Crippen LogP contribution in [-0.4, -0.2) is 25.7 Å². The molecule has 4 heteroatoms. The molecule has 0 aromatic rings. The van der Waals surface area contributed by atoms with Gasteiger partial charge in [0.05, 0.1) is 13.2 Å². The first-order valence-electron chi connectivity index (χ1n) is 5.61. The van der Waals surface area contributed by atoms with Gasteiger partial charge in [-0.1, -0.05) is 26.7 Å². The first kappa shape index (κ1) is 14.4. The molecule has 15 heavy (non-hydrogen) atoms. The van der Waals surface area contributed by atoms with E-state index in [1.165, 1.54) is 6.92 Å². The highest BCUT2D eigenvalue weighted by Crippen LogP contribution is 2.02. The monoisotopic (exact) mass is 218 g/mol. The quantitative estimate of drug-likeness (QED) is 0.339. The highest BCUT2D eigenvalue weighted by molar-refractivity contribution is 5.65. The molecular weight excluding hydrogens is 196 g/mol. The summed E-state index contributed by atoms with van der Waals surface area (Å²) >= 11 is 0. The lowest BCUT2D eigenvalue weighted by Gasteiger charge is -2.17. The predicted octanol–water partition coefficient (Wildman–Crippen LogP) is 2.47. The maximum Gasteiger partial charge on any atom is 0.318 e. The summed E-state index contributed by atoms with van der Waals surface area (Å²) in [5, 5.41) is 0. The normalized spacial score (nSPS) is 10.7. The Labute approximate surface area is 91.9 Å². The number of hydrogen-bond acceptors (Lipinski definition) is 4. The Bertz CT molecular complexity index is 149. The molecule has 0 fully saturated rings. The van der Waals surface area contributed by atoms with Crippen molar-refractivity contribution in [1.82, 2.24) is 0 Å². The molecule has 0 rings (SSSR count). The van der Waals surface area contributed by atoms with E-state index in [9.17, 15) is 4.79 Å². The van der Waals surface area contributed by atoms with Crippen molar-refractivity contribution in [3.8, 4) is 0 Å². The third kappa shape index (κ3) is 9.69. The molecule has 0 aliphatic rings. The van der Waals surface area contributed by atoms with Crippen LogP contribution in [0.5, 0.6) is 0 Å². The molecule has 0 amide bonds. The Hall–Kier alpha value is -0.610. The SMILES string of the molecule is CCCCOC(OCCCC)OC(C)=O. The highest BCUT2D eigenvalue weighted by Gasteiger charge is 2.11. The molecule has 0 aromatic heterocycles. The molecule has 0 N–H and O–H groups in total. The number of hydrogen-bond donors (Lipinski definition) is 0. The largest absolute Gasteiger partial charge is 0.410 e. The van der Waals surface area contributed by atoms with Crippen LogP contribution < -0.4 is 0 Å². The van der Waals surface area contributed by atoms with Crippen LogP contribution >= 0.6 is 0 Å². The molecule has 0 bridgehead atoms. The van der Waals surface area contributed by atoms with Crippen LogP contribution in [0.2, 0.25) is 0 Å². The fourth-order valence-electron chi connectivity index (χ4n) is 0.899. The van der Waals surface area contributed by atoms with Crippen LogP contribution in [0.1, 0.15) is 46.5 Å². The van der Waals surface area contributed by atoms with E-state index in [0.29, 0.717) is 13.2 Å². The Morgan fingerprint density at radius 2 is 1.53 bits per heavy atom. The van der Waals surface area contributed by atoms with E-state index in [2.05, 4.69) is 13.8 Å². The van der Waals surface area contributed by atoms with Crippen molar-refractivity contribution in [2.75, 3.05) is 13.2 Å². The topological polar surface area (TPSA) is 44.8 Å². The number of carbonyl (C=O) groups is 1. The van der Waals surface area contributed by atoms with E-state index in [1.54, 1.807) is 0 Å². The van der Waals surface area contributed by atoms with Gasteiger partial charge in [-0.3, -0.25) is 4.79 Å². The molecule has 0 saturated heterocycles. The van der Waals surface area contributed by atoms with Crippen molar-refractivity contribution in [2.45, 2.75) is 52.9 Å². The Morgan fingerprint density at radius 3 is 1.87 bits per heavy atom. The average Bonchev–Trinajstić information content (AvgIpc) is 2.17. The maximum atomic E-state index is 10.7. The van der Waals surface area contributed by atoms with Crippen LogP contribution in [0.25, 0.3) is 0 Å². The third-order valence-corrected chi connectivity index (χ3v) is 1.77. The summed E-state index contributed by atoms with van der Waals surface area (Å²) in [5.41, 5.74) is 0. The van der Waals surface area contributed by atoms with Crippen molar-refractivity contribution in [2.24, 2.45) is 0 Å². The van der Waals surface area contributed by atoms with Crippen molar-refractivity contribution >= 4 is 5.97 Å². The molecular formula is C11H22O4. The molecule has 0 radical (unpaired) electrons. The lowest BCUT2D eigenvalue weighted by Crippen LogP contribution is -2.24. The van der Waals surface area contributed by atoms with Crippen molar-refractivity contribution in [3.05, 3.63) is 0 Å². The maximum absolute atomic E-state index is 10.7. The van der Waals surface area contributed by atoms with E-state index in [-0.39, 0.29) is 5.97 Å². The summed E-state index contributed by atoms with van der Waals surface area (Å²) in [4.78, 5) is 10.7. The number of unbranched alkanes of at least 4 members (excludes halogenated alkanes) is 2. The summed E-state index contributed by atoms with van der Waals surface area (Å²) in [6.45, 7) is 5.77. The molecule has 0 aromatic carbocycles. The zero-order valence-electron chi connectivity index (χ0n) is 9.95. The first-order valence-corrected chi connectivity index (χ1v) is 5.61. The highest BCUT2D eigenvalue weighted by atomic mass is 16.9. The van der Waals surface area contributed by atoms with Gasteiger partial charge in [0.2, 0.25) is 0 Å². The van der Waals surface area contributed by atoms with Crippen LogP contribution in [0, 0.1) is 0 Å². The minimum absolute atomic E-state index is 0.381. The van der Waals surface area contributed by atoms with E-state index in [4.69, 9.17) is 14.2 Å². The number of ether oxygens (including phenoxy) is 3. The Morgan fingerprint density at radius 1 is 1.07 bits per heavy atom. The summed E-state index contributed by atoms with van der Waals surface area (Å²) in [6, 6.07) is 0. The molecule has 4 nitrogen and oxygen atoms in total. The van der Waals surface area contributed by atoms with E-state index in [0.717, 1.165) is 25.7 Å². The Kier molecular flexibility index (Phi) is 9.52.